The van der Waals surface area contributed by atoms with Crippen LogP contribution in [0, 0.1) is 13.8 Å². The van der Waals surface area contributed by atoms with Crippen molar-refractivity contribution in [1.82, 2.24) is 14.9 Å². The van der Waals surface area contributed by atoms with Crippen LogP contribution in [0.3, 0.4) is 0 Å². The monoisotopic (exact) mass is 345 g/mol. The molecule has 4 heteroatoms. The maximum absolute atomic E-state index is 13.2. The fraction of sp³-hybridized carbons (Fsp3) is 0.318. The van der Waals surface area contributed by atoms with Gasteiger partial charge in [0.2, 0.25) is 0 Å². The molecule has 1 amide bonds. The van der Waals surface area contributed by atoms with Gasteiger partial charge < -0.3 is 4.90 Å². The second-order valence-corrected chi connectivity index (χ2v) is 7.80. The second-order valence-electron chi connectivity index (χ2n) is 7.80. The highest BCUT2D eigenvalue weighted by Crippen LogP contribution is 2.33. The molecule has 0 N–H and O–H groups in total. The van der Waals surface area contributed by atoms with Crippen LogP contribution >= 0.6 is 0 Å². The largest absolute Gasteiger partial charge is 0.333 e. The molecule has 0 atom stereocenters. The van der Waals surface area contributed by atoms with Crippen molar-refractivity contribution in [3.8, 4) is 0 Å². The van der Waals surface area contributed by atoms with Gasteiger partial charge in [0, 0.05) is 24.1 Å². The van der Waals surface area contributed by atoms with E-state index in [1.54, 1.807) is 0 Å². The molecule has 3 aromatic rings. The number of nitrogens with zero attached hydrogens (tertiary/aromatic N) is 3. The highest BCUT2D eigenvalue weighted by molar-refractivity contribution is 5.97. The van der Waals surface area contributed by atoms with Gasteiger partial charge in [0.05, 0.1) is 22.4 Å². The first-order chi connectivity index (χ1) is 12.3. The lowest BCUT2D eigenvalue weighted by Gasteiger charge is -2.40. The number of hydrogen-bond acceptors (Lipinski definition) is 3. The fourth-order valence-corrected chi connectivity index (χ4v) is 3.83. The standard InChI is InChI=1S/C22H23N3O/c1-14-15(2)24-20-11-16(9-10-19(20)23-14)21(26)25-12-17-7-5-6-8-18(17)22(3,4)13-25/h5-11H,12-13H2,1-4H3. The Hall–Kier alpha value is -2.75. The quantitative estimate of drug-likeness (QED) is 0.665. The van der Waals surface area contributed by atoms with Crippen LogP contribution in [0.4, 0.5) is 0 Å². The molecule has 132 valence electrons. The number of hydrogen-bond donors (Lipinski definition) is 0. The summed E-state index contributed by atoms with van der Waals surface area (Å²) in [4.78, 5) is 24.3. The molecule has 0 unspecified atom stereocenters. The van der Waals surface area contributed by atoms with Crippen molar-refractivity contribution in [2.45, 2.75) is 39.7 Å². The van der Waals surface area contributed by atoms with E-state index in [-0.39, 0.29) is 11.3 Å². The van der Waals surface area contributed by atoms with E-state index in [1.165, 1.54) is 11.1 Å². The van der Waals surface area contributed by atoms with Crippen molar-refractivity contribution in [3.05, 3.63) is 70.5 Å². The Labute approximate surface area is 153 Å². The van der Waals surface area contributed by atoms with Crippen LogP contribution in [-0.2, 0) is 12.0 Å². The van der Waals surface area contributed by atoms with Crippen molar-refractivity contribution in [1.29, 1.82) is 0 Å². The minimum Gasteiger partial charge on any atom is -0.333 e. The molecule has 2 aromatic carbocycles. The SMILES string of the molecule is Cc1nc2ccc(C(=O)N3Cc4ccccc4C(C)(C)C3)cc2nc1C. The lowest BCUT2D eigenvalue weighted by atomic mass is 9.78. The Balaban J connectivity index is 1.70. The van der Waals surface area contributed by atoms with E-state index < -0.39 is 0 Å². The third-order valence-corrected chi connectivity index (χ3v) is 5.30. The number of benzene rings is 2. The van der Waals surface area contributed by atoms with Gasteiger partial charge in [-0.3, -0.25) is 4.79 Å². The summed E-state index contributed by atoms with van der Waals surface area (Å²) in [6.07, 6.45) is 0. The third-order valence-electron chi connectivity index (χ3n) is 5.30. The molecule has 0 bridgehead atoms. The Morgan fingerprint density at radius 1 is 1.00 bits per heavy atom. The predicted octanol–water partition coefficient (Wildman–Crippen LogP) is 4.18. The Morgan fingerprint density at radius 3 is 2.46 bits per heavy atom. The van der Waals surface area contributed by atoms with Gasteiger partial charge >= 0.3 is 0 Å². The zero-order valence-electron chi connectivity index (χ0n) is 15.7. The summed E-state index contributed by atoms with van der Waals surface area (Å²) in [6.45, 7) is 9.65. The van der Waals surface area contributed by atoms with E-state index in [4.69, 9.17) is 0 Å². The highest BCUT2D eigenvalue weighted by atomic mass is 16.2. The van der Waals surface area contributed by atoms with Crippen molar-refractivity contribution in [2.75, 3.05) is 6.54 Å². The van der Waals surface area contributed by atoms with E-state index >= 15 is 0 Å². The molecule has 2 heterocycles. The van der Waals surface area contributed by atoms with Gasteiger partial charge in [-0.2, -0.15) is 0 Å². The molecule has 0 aliphatic carbocycles. The van der Waals surface area contributed by atoms with Gasteiger partial charge in [0.25, 0.3) is 5.91 Å². The normalized spacial score (nSPS) is 15.8. The topological polar surface area (TPSA) is 46.1 Å². The van der Waals surface area contributed by atoms with Gasteiger partial charge in [0.1, 0.15) is 0 Å². The second kappa shape index (κ2) is 5.90. The summed E-state index contributed by atoms with van der Waals surface area (Å²) in [6, 6.07) is 14.0. The zero-order valence-corrected chi connectivity index (χ0v) is 15.7. The summed E-state index contributed by atoms with van der Waals surface area (Å²) >= 11 is 0. The van der Waals surface area contributed by atoms with Crippen molar-refractivity contribution < 1.29 is 4.79 Å². The van der Waals surface area contributed by atoms with Crippen LogP contribution in [0.5, 0.6) is 0 Å². The molecule has 0 saturated carbocycles. The van der Waals surface area contributed by atoms with Gasteiger partial charge in [0.15, 0.2) is 0 Å². The number of carbonyl (C=O) groups excluding carboxylic acids is 1. The lowest BCUT2D eigenvalue weighted by Crippen LogP contribution is -2.45. The number of aromatic nitrogens is 2. The fourth-order valence-electron chi connectivity index (χ4n) is 3.83. The van der Waals surface area contributed by atoms with E-state index in [0.717, 1.165) is 22.4 Å². The summed E-state index contributed by atoms with van der Waals surface area (Å²) < 4.78 is 0. The van der Waals surface area contributed by atoms with Crippen LogP contribution in [-0.4, -0.2) is 27.3 Å². The van der Waals surface area contributed by atoms with E-state index in [1.807, 2.05) is 43.0 Å². The average molecular weight is 345 g/mol. The maximum atomic E-state index is 13.2. The van der Waals surface area contributed by atoms with Gasteiger partial charge in [-0.05, 0) is 43.2 Å². The summed E-state index contributed by atoms with van der Waals surface area (Å²) in [5, 5.41) is 0. The molecular formula is C22H23N3O. The average Bonchev–Trinajstić information content (AvgIpc) is 2.61. The van der Waals surface area contributed by atoms with E-state index in [2.05, 4.69) is 42.0 Å². The molecule has 1 aliphatic rings. The van der Waals surface area contributed by atoms with Crippen LogP contribution < -0.4 is 0 Å². The Morgan fingerprint density at radius 2 is 1.69 bits per heavy atom. The minimum absolute atomic E-state index is 0.0505. The molecule has 0 radical (unpaired) electrons. The highest BCUT2D eigenvalue weighted by Gasteiger charge is 2.33. The molecule has 0 saturated heterocycles. The molecule has 4 rings (SSSR count). The number of carbonyl (C=O) groups is 1. The van der Waals surface area contributed by atoms with Gasteiger partial charge in [-0.15, -0.1) is 0 Å². The Kier molecular flexibility index (Phi) is 3.79. The molecular weight excluding hydrogens is 322 g/mol. The summed E-state index contributed by atoms with van der Waals surface area (Å²) in [5.41, 5.74) is 6.59. The molecule has 1 aliphatic heterocycles. The molecule has 1 aromatic heterocycles. The van der Waals surface area contributed by atoms with Crippen molar-refractivity contribution in [2.24, 2.45) is 0 Å². The number of fused-ring (bicyclic) bond motifs is 2. The zero-order chi connectivity index (χ0) is 18.5. The Bertz CT molecular complexity index is 1020. The van der Waals surface area contributed by atoms with Crippen LogP contribution in [0.1, 0.15) is 46.7 Å². The smallest absolute Gasteiger partial charge is 0.254 e. The van der Waals surface area contributed by atoms with E-state index in [9.17, 15) is 4.79 Å². The first-order valence-electron chi connectivity index (χ1n) is 8.98. The lowest BCUT2D eigenvalue weighted by molar-refractivity contribution is 0.0686. The summed E-state index contributed by atoms with van der Waals surface area (Å²) in [7, 11) is 0. The van der Waals surface area contributed by atoms with Crippen LogP contribution in [0.25, 0.3) is 11.0 Å². The molecule has 0 spiro atoms. The molecule has 0 fully saturated rings. The summed E-state index contributed by atoms with van der Waals surface area (Å²) in [5.74, 6) is 0.0505. The van der Waals surface area contributed by atoms with E-state index in [0.29, 0.717) is 18.7 Å². The maximum Gasteiger partial charge on any atom is 0.254 e. The van der Waals surface area contributed by atoms with Crippen molar-refractivity contribution in [3.63, 3.8) is 0 Å². The van der Waals surface area contributed by atoms with Crippen molar-refractivity contribution >= 4 is 16.9 Å². The van der Waals surface area contributed by atoms with Gasteiger partial charge in [-0.25, -0.2) is 9.97 Å². The third kappa shape index (κ3) is 2.75. The first-order valence-corrected chi connectivity index (χ1v) is 8.98. The number of rotatable bonds is 1. The van der Waals surface area contributed by atoms with Crippen LogP contribution in [0.15, 0.2) is 42.5 Å². The number of aryl methyl sites for hydroxylation is 2. The predicted molar refractivity (Wildman–Crippen MR) is 103 cm³/mol. The van der Waals surface area contributed by atoms with Gasteiger partial charge in [-0.1, -0.05) is 38.1 Å². The first kappa shape index (κ1) is 16.7. The minimum atomic E-state index is -0.0607. The number of amides is 1. The molecule has 26 heavy (non-hydrogen) atoms. The molecule has 4 nitrogen and oxygen atoms in total. The van der Waals surface area contributed by atoms with Crippen LogP contribution in [0.2, 0.25) is 0 Å².